The van der Waals surface area contributed by atoms with Crippen molar-refractivity contribution >= 4 is 23.2 Å². The van der Waals surface area contributed by atoms with E-state index < -0.39 is 12.0 Å². The number of fused-ring (bicyclic) bond motifs is 2. The van der Waals surface area contributed by atoms with Crippen molar-refractivity contribution in [3.63, 3.8) is 0 Å². The molecule has 2 aromatic heterocycles. The molecule has 25 heavy (non-hydrogen) atoms. The first-order valence-corrected chi connectivity index (χ1v) is 9.07. The molecule has 1 saturated carbocycles. The summed E-state index contributed by atoms with van der Waals surface area (Å²) >= 11 is 5.94. The van der Waals surface area contributed by atoms with Crippen LogP contribution in [0.4, 0.5) is 0 Å². The van der Waals surface area contributed by atoms with Crippen molar-refractivity contribution in [2.45, 2.75) is 50.7 Å². The maximum Gasteiger partial charge on any atom is 0.320 e. The fourth-order valence-corrected chi connectivity index (χ4v) is 4.58. The van der Waals surface area contributed by atoms with E-state index in [1.54, 1.807) is 18.3 Å². The highest BCUT2D eigenvalue weighted by Gasteiger charge is 2.45. The van der Waals surface area contributed by atoms with Gasteiger partial charge in [-0.15, -0.1) is 0 Å². The molecule has 0 aromatic carbocycles. The molecule has 1 aliphatic carbocycles. The number of carboxylic acid groups (broad SMARTS) is 1. The van der Waals surface area contributed by atoms with Gasteiger partial charge in [-0.25, -0.2) is 4.98 Å². The number of aliphatic carboxylic acids is 1. The van der Waals surface area contributed by atoms with Gasteiger partial charge in [0.05, 0.1) is 10.7 Å². The van der Waals surface area contributed by atoms with Crippen LogP contribution in [0.3, 0.4) is 0 Å². The molecule has 3 heterocycles. The van der Waals surface area contributed by atoms with E-state index >= 15 is 0 Å². The number of aromatic nitrogens is 2. The molecule has 0 bridgehead atoms. The highest BCUT2D eigenvalue weighted by Crippen LogP contribution is 2.40. The zero-order chi connectivity index (χ0) is 17.6. The van der Waals surface area contributed by atoms with E-state index in [4.69, 9.17) is 11.6 Å². The van der Waals surface area contributed by atoms with E-state index in [2.05, 4.69) is 4.98 Å². The molecule has 0 amide bonds. The quantitative estimate of drug-likeness (QED) is 0.909. The van der Waals surface area contributed by atoms with Crippen LogP contribution in [0.15, 0.2) is 29.2 Å². The molecule has 1 aliphatic heterocycles. The summed E-state index contributed by atoms with van der Waals surface area (Å²) in [5.74, 6) is -0.339. The van der Waals surface area contributed by atoms with E-state index in [0.717, 1.165) is 19.3 Å². The molecule has 0 unspecified atom stereocenters. The summed E-state index contributed by atoms with van der Waals surface area (Å²) in [6.45, 7) is 0.395. The number of rotatable bonds is 3. The topological polar surface area (TPSA) is 74.9 Å². The maximum absolute atomic E-state index is 12.4. The summed E-state index contributed by atoms with van der Waals surface area (Å²) in [6, 6.07) is 4.67. The fraction of sp³-hybridized carbons (Fsp3) is 0.500. The average Bonchev–Trinajstić information content (AvgIpc) is 2.95. The van der Waals surface area contributed by atoms with Gasteiger partial charge in [0, 0.05) is 24.8 Å². The Morgan fingerprint density at radius 2 is 2.12 bits per heavy atom. The zero-order valence-electron chi connectivity index (χ0n) is 13.8. The number of nitrogens with zero attached hydrogens (tertiary/aromatic N) is 3. The molecule has 4 rings (SSSR count). The standard InChI is InChI=1S/C18H20ClN3O3/c19-12-5-6-16-20-13(8-17(23)22(16)9-12)10-21-14-4-2-1-3-11(14)7-15(21)18(24)25/h5-6,8-9,11,14-15H,1-4,7,10H2,(H,24,25)/t11-,14-,15-/m0/s1. The SMILES string of the molecule is O=C(O)[C@@H]1C[C@@H]2CCCC[C@@H]2N1Cc1cc(=O)n2cc(Cl)ccc2n1. The highest BCUT2D eigenvalue weighted by atomic mass is 35.5. The number of hydrogen-bond donors (Lipinski definition) is 1. The number of carbonyl (C=O) groups is 1. The first-order valence-electron chi connectivity index (χ1n) is 8.69. The van der Waals surface area contributed by atoms with E-state index in [1.165, 1.54) is 16.9 Å². The molecule has 2 aliphatic rings. The lowest BCUT2D eigenvalue weighted by molar-refractivity contribution is -0.142. The highest BCUT2D eigenvalue weighted by molar-refractivity contribution is 6.30. The molecule has 132 valence electrons. The summed E-state index contributed by atoms with van der Waals surface area (Å²) in [5.41, 5.74) is 0.941. The van der Waals surface area contributed by atoms with Crippen molar-refractivity contribution in [2.75, 3.05) is 0 Å². The molecule has 0 radical (unpaired) electrons. The van der Waals surface area contributed by atoms with Crippen molar-refractivity contribution in [1.29, 1.82) is 0 Å². The molecular weight excluding hydrogens is 342 g/mol. The van der Waals surface area contributed by atoms with Crippen LogP contribution in [0.2, 0.25) is 5.02 Å². The molecule has 0 spiro atoms. The van der Waals surface area contributed by atoms with Crippen LogP contribution in [0, 0.1) is 5.92 Å². The van der Waals surface area contributed by atoms with E-state index in [-0.39, 0.29) is 11.6 Å². The van der Waals surface area contributed by atoms with Crippen molar-refractivity contribution in [3.05, 3.63) is 45.5 Å². The molecule has 3 atom stereocenters. The maximum atomic E-state index is 12.4. The third-order valence-electron chi connectivity index (χ3n) is 5.53. The summed E-state index contributed by atoms with van der Waals surface area (Å²) in [4.78, 5) is 30.7. The Bertz CT molecular complexity index is 881. The smallest absolute Gasteiger partial charge is 0.320 e. The molecule has 2 fully saturated rings. The Hall–Kier alpha value is -1.92. The molecule has 7 heteroatoms. The van der Waals surface area contributed by atoms with Gasteiger partial charge in [0.2, 0.25) is 0 Å². The van der Waals surface area contributed by atoms with E-state index in [0.29, 0.717) is 35.2 Å². The predicted molar refractivity (Wildman–Crippen MR) is 93.8 cm³/mol. The van der Waals surface area contributed by atoms with Gasteiger partial charge in [-0.05, 0) is 37.3 Å². The number of likely N-dealkylation sites (tertiary alicyclic amines) is 1. The third kappa shape index (κ3) is 3.04. The second-order valence-corrected chi connectivity index (χ2v) is 7.47. The van der Waals surface area contributed by atoms with Crippen LogP contribution >= 0.6 is 11.6 Å². The lowest BCUT2D eigenvalue weighted by atomic mass is 9.85. The predicted octanol–water partition coefficient (Wildman–Crippen LogP) is 2.57. The Kier molecular flexibility index (Phi) is 4.25. The largest absolute Gasteiger partial charge is 0.480 e. The number of carboxylic acids is 1. The number of pyridine rings is 1. The van der Waals surface area contributed by atoms with Crippen LogP contribution < -0.4 is 5.56 Å². The van der Waals surface area contributed by atoms with Gasteiger partial charge < -0.3 is 5.11 Å². The first-order chi connectivity index (χ1) is 12.0. The minimum atomic E-state index is -0.779. The monoisotopic (exact) mass is 361 g/mol. The van der Waals surface area contributed by atoms with E-state index in [1.807, 2.05) is 4.90 Å². The Morgan fingerprint density at radius 1 is 1.32 bits per heavy atom. The van der Waals surface area contributed by atoms with Gasteiger partial charge in [0.25, 0.3) is 5.56 Å². The molecule has 2 aromatic rings. The van der Waals surface area contributed by atoms with Crippen LogP contribution in [-0.2, 0) is 11.3 Å². The lowest BCUT2D eigenvalue weighted by Gasteiger charge is -2.32. The summed E-state index contributed by atoms with van der Waals surface area (Å²) in [6.07, 6.45) is 6.67. The minimum Gasteiger partial charge on any atom is -0.480 e. The Morgan fingerprint density at radius 3 is 2.92 bits per heavy atom. The third-order valence-corrected chi connectivity index (χ3v) is 5.75. The van der Waals surface area contributed by atoms with Crippen molar-refractivity contribution in [3.8, 4) is 0 Å². The van der Waals surface area contributed by atoms with Gasteiger partial charge in [-0.3, -0.25) is 18.9 Å². The van der Waals surface area contributed by atoms with Gasteiger partial charge >= 0.3 is 5.97 Å². The van der Waals surface area contributed by atoms with E-state index in [9.17, 15) is 14.7 Å². The first kappa shape index (κ1) is 16.5. The minimum absolute atomic E-state index is 0.200. The van der Waals surface area contributed by atoms with Gasteiger partial charge in [0.1, 0.15) is 11.7 Å². The molecule has 6 nitrogen and oxygen atoms in total. The van der Waals surface area contributed by atoms with Crippen LogP contribution in [0.1, 0.15) is 37.8 Å². The van der Waals surface area contributed by atoms with Crippen molar-refractivity contribution in [1.82, 2.24) is 14.3 Å². The second kappa shape index (κ2) is 6.42. The van der Waals surface area contributed by atoms with Crippen molar-refractivity contribution < 1.29 is 9.90 Å². The average molecular weight is 362 g/mol. The lowest BCUT2D eigenvalue weighted by Crippen LogP contribution is -2.42. The molecular formula is C18H20ClN3O3. The number of halogens is 1. The number of hydrogen-bond acceptors (Lipinski definition) is 4. The Balaban J connectivity index is 1.68. The fourth-order valence-electron chi connectivity index (χ4n) is 4.42. The van der Waals surface area contributed by atoms with Crippen molar-refractivity contribution in [2.24, 2.45) is 5.92 Å². The summed E-state index contributed by atoms with van der Waals surface area (Å²) < 4.78 is 1.41. The van der Waals surface area contributed by atoms with Crippen LogP contribution in [-0.4, -0.2) is 37.4 Å². The summed E-state index contributed by atoms with van der Waals surface area (Å²) in [7, 11) is 0. The summed E-state index contributed by atoms with van der Waals surface area (Å²) in [5, 5.41) is 10.1. The second-order valence-electron chi connectivity index (χ2n) is 7.04. The van der Waals surface area contributed by atoms with Crippen LogP contribution in [0.25, 0.3) is 5.65 Å². The Labute approximate surface area is 150 Å². The normalized spacial score (nSPS) is 26.7. The van der Waals surface area contributed by atoms with Gasteiger partial charge in [-0.1, -0.05) is 24.4 Å². The molecule has 1 N–H and O–H groups in total. The van der Waals surface area contributed by atoms with Gasteiger partial charge in [0.15, 0.2) is 0 Å². The molecule has 1 saturated heterocycles. The van der Waals surface area contributed by atoms with Gasteiger partial charge in [-0.2, -0.15) is 0 Å². The van der Waals surface area contributed by atoms with Crippen LogP contribution in [0.5, 0.6) is 0 Å². The zero-order valence-corrected chi connectivity index (χ0v) is 14.5.